The summed E-state index contributed by atoms with van der Waals surface area (Å²) in [4.78, 5) is 25.5. The number of hydrogen-bond acceptors (Lipinski definition) is 5. The SMILES string of the molecule is CCNC(=NCc1coc(-c2ccccc2)n1)NCCCN1CCCC1C(=O)N(C)C.I. The number of amides is 1. The summed E-state index contributed by atoms with van der Waals surface area (Å²) >= 11 is 0. The van der Waals surface area contributed by atoms with E-state index in [1.807, 2.05) is 51.4 Å². The first-order valence-corrected chi connectivity index (χ1v) is 11.1. The molecule has 9 heteroatoms. The van der Waals surface area contributed by atoms with Gasteiger partial charge < -0.3 is 20.0 Å². The number of hydrogen-bond donors (Lipinski definition) is 2. The minimum atomic E-state index is 0. The van der Waals surface area contributed by atoms with E-state index in [1.54, 1.807) is 11.2 Å². The van der Waals surface area contributed by atoms with Crippen molar-refractivity contribution in [2.45, 2.75) is 38.8 Å². The molecule has 8 nitrogen and oxygen atoms in total. The van der Waals surface area contributed by atoms with E-state index in [1.165, 1.54) is 0 Å². The Morgan fingerprint density at radius 3 is 2.78 bits per heavy atom. The molecule has 0 saturated carbocycles. The third-order valence-electron chi connectivity index (χ3n) is 5.32. The van der Waals surface area contributed by atoms with Crippen molar-refractivity contribution in [2.75, 3.05) is 40.3 Å². The van der Waals surface area contributed by atoms with Gasteiger partial charge in [-0.3, -0.25) is 9.69 Å². The van der Waals surface area contributed by atoms with Crippen LogP contribution in [-0.4, -0.2) is 73.0 Å². The summed E-state index contributed by atoms with van der Waals surface area (Å²) in [7, 11) is 3.66. The van der Waals surface area contributed by atoms with Crippen LogP contribution in [0.5, 0.6) is 0 Å². The molecule has 2 N–H and O–H groups in total. The van der Waals surface area contributed by atoms with Crippen molar-refractivity contribution in [1.29, 1.82) is 0 Å². The van der Waals surface area contributed by atoms with Crippen molar-refractivity contribution >= 4 is 35.8 Å². The van der Waals surface area contributed by atoms with Crippen LogP contribution in [0.3, 0.4) is 0 Å². The highest BCUT2D eigenvalue weighted by Crippen LogP contribution is 2.19. The average Bonchev–Trinajstić information content (AvgIpc) is 3.44. The number of carbonyl (C=O) groups excluding carboxylic acids is 1. The highest BCUT2D eigenvalue weighted by molar-refractivity contribution is 14.0. The molecular weight excluding hydrogens is 519 g/mol. The third kappa shape index (κ3) is 7.47. The number of nitrogens with one attached hydrogen (secondary N) is 2. The van der Waals surface area contributed by atoms with Gasteiger partial charge in [0.25, 0.3) is 0 Å². The van der Waals surface area contributed by atoms with E-state index < -0.39 is 0 Å². The lowest BCUT2D eigenvalue weighted by Gasteiger charge is -2.26. The molecule has 1 amide bonds. The summed E-state index contributed by atoms with van der Waals surface area (Å²) in [5.74, 6) is 1.58. The highest BCUT2D eigenvalue weighted by atomic mass is 127. The Bertz CT molecular complexity index is 855. The molecule has 2 heterocycles. The summed E-state index contributed by atoms with van der Waals surface area (Å²) in [5.41, 5.74) is 1.74. The van der Waals surface area contributed by atoms with Crippen LogP contribution < -0.4 is 10.6 Å². The predicted octanol–water partition coefficient (Wildman–Crippen LogP) is 2.96. The lowest BCUT2D eigenvalue weighted by Crippen LogP contribution is -2.44. The minimum Gasteiger partial charge on any atom is -0.444 e. The molecule has 0 radical (unpaired) electrons. The van der Waals surface area contributed by atoms with Gasteiger partial charge in [-0.1, -0.05) is 18.2 Å². The van der Waals surface area contributed by atoms with Crippen molar-refractivity contribution in [2.24, 2.45) is 4.99 Å². The molecule has 1 aliphatic heterocycles. The second-order valence-electron chi connectivity index (χ2n) is 7.91. The summed E-state index contributed by atoms with van der Waals surface area (Å²) in [6, 6.07) is 9.87. The molecule has 1 unspecified atom stereocenters. The van der Waals surface area contributed by atoms with Gasteiger partial charge in [0, 0.05) is 39.3 Å². The van der Waals surface area contributed by atoms with Crippen LogP contribution in [0, 0.1) is 0 Å². The van der Waals surface area contributed by atoms with E-state index >= 15 is 0 Å². The predicted molar refractivity (Wildman–Crippen MR) is 138 cm³/mol. The topological polar surface area (TPSA) is 86.0 Å². The Morgan fingerprint density at radius 2 is 2.06 bits per heavy atom. The molecule has 3 rings (SSSR count). The number of nitrogens with zero attached hydrogens (tertiary/aromatic N) is 4. The Balaban J connectivity index is 0.00000363. The summed E-state index contributed by atoms with van der Waals surface area (Å²) < 4.78 is 5.59. The largest absolute Gasteiger partial charge is 0.444 e. The molecule has 32 heavy (non-hydrogen) atoms. The summed E-state index contributed by atoms with van der Waals surface area (Å²) in [5, 5.41) is 6.65. The van der Waals surface area contributed by atoms with E-state index in [4.69, 9.17) is 4.42 Å². The fraction of sp³-hybridized carbons (Fsp3) is 0.522. The smallest absolute Gasteiger partial charge is 0.239 e. The Labute approximate surface area is 207 Å². The maximum Gasteiger partial charge on any atom is 0.239 e. The van der Waals surface area contributed by atoms with Gasteiger partial charge in [0.2, 0.25) is 11.8 Å². The van der Waals surface area contributed by atoms with E-state index in [0.29, 0.717) is 12.4 Å². The van der Waals surface area contributed by atoms with Gasteiger partial charge in [-0.15, -0.1) is 24.0 Å². The van der Waals surface area contributed by atoms with Crippen LogP contribution in [0.2, 0.25) is 0 Å². The van der Waals surface area contributed by atoms with Gasteiger partial charge in [0.15, 0.2) is 5.96 Å². The van der Waals surface area contributed by atoms with E-state index in [9.17, 15) is 4.79 Å². The molecule has 0 spiro atoms. The van der Waals surface area contributed by atoms with Crippen molar-refractivity contribution < 1.29 is 9.21 Å². The molecule has 0 aliphatic carbocycles. The average molecular weight is 554 g/mol. The molecule has 1 aliphatic rings. The number of aliphatic imine (C=N–C) groups is 1. The number of rotatable bonds is 9. The zero-order chi connectivity index (χ0) is 22.1. The molecule has 1 atom stereocenters. The molecule has 176 valence electrons. The Morgan fingerprint density at radius 1 is 1.28 bits per heavy atom. The van der Waals surface area contributed by atoms with Crippen LogP contribution in [0.4, 0.5) is 0 Å². The minimum absolute atomic E-state index is 0. The maximum absolute atomic E-state index is 12.3. The van der Waals surface area contributed by atoms with Crippen LogP contribution in [-0.2, 0) is 11.3 Å². The molecule has 0 bridgehead atoms. The molecule has 1 saturated heterocycles. The van der Waals surface area contributed by atoms with Gasteiger partial charge in [0.05, 0.1) is 12.6 Å². The zero-order valence-electron chi connectivity index (χ0n) is 19.2. The number of benzene rings is 1. The molecular formula is C23H35IN6O2. The van der Waals surface area contributed by atoms with E-state index in [-0.39, 0.29) is 35.9 Å². The summed E-state index contributed by atoms with van der Waals surface area (Å²) in [6.07, 6.45) is 4.65. The van der Waals surface area contributed by atoms with Crippen LogP contribution in [0.15, 0.2) is 46.0 Å². The fourth-order valence-electron chi connectivity index (χ4n) is 3.76. The second kappa shape index (κ2) is 13.4. The molecule has 2 aromatic rings. The number of halogens is 1. The van der Waals surface area contributed by atoms with Gasteiger partial charge in [-0.05, 0) is 44.9 Å². The molecule has 1 aromatic carbocycles. The lowest BCUT2D eigenvalue weighted by molar-refractivity contribution is -0.133. The van der Waals surface area contributed by atoms with E-state index in [0.717, 1.165) is 62.7 Å². The van der Waals surface area contributed by atoms with Gasteiger partial charge >= 0.3 is 0 Å². The standard InChI is InChI=1S/C23H34N6O2.HI/c1-4-24-23(25-13-9-15-29-14-8-12-20(29)22(30)28(2)3)26-16-19-17-31-21(27-19)18-10-6-5-7-11-18;/h5-7,10-11,17,20H,4,8-9,12-16H2,1-3H3,(H2,24,25,26);1H. The van der Waals surface area contributed by atoms with Crippen molar-refractivity contribution in [3.63, 3.8) is 0 Å². The lowest BCUT2D eigenvalue weighted by atomic mass is 10.2. The number of likely N-dealkylation sites (N-methyl/N-ethyl adjacent to an activating group) is 1. The Kier molecular flexibility index (Phi) is 10.9. The monoisotopic (exact) mass is 554 g/mol. The number of likely N-dealkylation sites (tertiary alicyclic amines) is 1. The van der Waals surface area contributed by atoms with Gasteiger partial charge in [0.1, 0.15) is 12.0 Å². The second-order valence-corrected chi connectivity index (χ2v) is 7.91. The number of carbonyl (C=O) groups is 1. The van der Waals surface area contributed by atoms with Crippen LogP contribution in [0.1, 0.15) is 31.9 Å². The maximum atomic E-state index is 12.3. The summed E-state index contributed by atoms with van der Waals surface area (Å²) in [6.45, 7) is 5.96. The highest BCUT2D eigenvalue weighted by Gasteiger charge is 2.30. The van der Waals surface area contributed by atoms with Crippen molar-refractivity contribution in [3.05, 3.63) is 42.3 Å². The molecule has 1 fully saturated rings. The normalized spacial score (nSPS) is 16.5. The van der Waals surface area contributed by atoms with Gasteiger partial charge in [-0.2, -0.15) is 0 Å². The first kappa shape index (κ1) is 26.1. The quantitative estimate of drug-likeness (QED) is 0.215. The number of guanidine groups is 1. The van der Waals surface area contributed by atoms with Crippen molar-refractivity contribution in [1.82, 2.24) is 25.4 Å². The van der Waals surface area contributed by atoms with Crippen LogP contribution >= 0.6 is 24.0 Å². The first-order chi connectivity index (χ1) is 15.1. The number of aromatic nitrogens is 1. The third-order valence-corrected chi connectivity index (χ3v) is 5.32. The first-order valence-electron chi connectivity index (χ1n) is 11.1. The Hall–Kier alpha value is -2.14. The van der Waals surface area contributed by atoms with E-state index in [2.05, 4.69) is 25.5 Å². The zero-order valence-corrected chi connectivity index (χ0v) is 21.5. The number of oxazole rings is 1. The van der Waals surface area contributed by atoms with Crippen molar-refractivity contribution in [3.8, 4) is 11.5 Å². The van der Waals surface area contributed by atoms with Crippen LogP contribution in [0.25, 0.3) is 11.5 Å². The van der Waals surface area contributed by atoms with Gasteiger partial charge in [-0.25, -0.2) is 9.98 Å². The molecule has 1 aromatic heterocycles. The fourth-order valence-corrected chi connectivity index (χ4v) is 3.76.